The van der Waals surface area contributed by atoms with Gasteiger partial charge in [-0.25, -0.2) is 9.97 Å². The molecule has 6 nitrogen and oxygen atoms in total. The van der Waals surface area contributed by atoms with Crippen molar-refractivity contribution >= 4 is 16.9 Å². The molecule has 1 saturated carbocycles. The Balaban J connectivity index is 1.67. The van der Waals surface area contributed by atoms with Gasteiger partial charge in [0.15, 0.2) is 11.5 Å². The summed E-state index contributed by atoms with van der Waals surface area (Å²) in [6, 6.07) is 3.89. The van der Waals surface area contributed by atoms with Crippen LogP contribution in [0.3, 0.4) is 0 Å². The van der Waals surface area contributed by atoms with Crippen LogP contribution in [-0.4, -0.2) is 31.3 Å². The molecule has 6 heteroatoms. The normalized spacial score (nSPS) is 15.7. The second-order valence-corrected chi connectivity index (χ2v) is 6.53. The molecule has 0 aromatic carbocycles. The summed E-state index contributed by atoms with van der Waals surface area (Å²) in [7, 11) is 1.91. The maximum atomic E-state index is 4.75. The molecule has 0 amide bonds. The zero-order valence-electron chi connectivity index (χ0n) is 13.9. The molecule has 0 unspecified atom stereocenters. The van der Waals surface area contributed by atoms with E-state index < -0.39 is 0 Å². The Morgan fingerprint density at radius 1 is 1.17 bits per heavy atom. The SMILES string of the molecule is Cn1ncc2c(NCC3CCCCC3)nc(-c3cccnc3)nc21. The average molecular weight is 322 g/mol. The minimum Gasteiger partial charge on any atom is -0.369 e. The molecule has 0 atom stereocenters. The van der Waals surface area contributed by atoms with Crippen LogP contribution in [-0.2, 0) is 7.05 Å². The predicted molar refractivity (Wildman–Crippen MR) is 94.6 cm³/mol. The van der Waals surface area contributed by atoms with Crippen LogP contribution < -0.4 is 5.32 Å². The lowest BCUT2D eigenvalue weighted by Crippen LogP contribution is -2.18. The summed E-state index contributed by atoms with van der Waals surface area (Å²) in [5.41, 5.74) is 1.76. The molecule has 0 bridgehead atoms. The summed E-state index contributed by atoms with van der Waals surface area (Å²) in [6.07, 6.45) is 12.1. The van der Waals surface area contributed by atoms with Gasteiger partial charge in [0.2, 0.25) is 0 Å². The summed E-state index contributed by atoms with van der Waals surface area (Å²) in [6.45, 7) is 0.966. The van der Waals surface area contributed by atoms with Crippen molar-refractivity contribution in [3.63, 3.8) is 0 Å². The van der Waals surface area contributed by atoms with E-state index in [1.165, 1.54) is 32.1 Å². The van der Waals surface area contributed by atoms with Gasteiger partial charge in [0.1, 0.15) is 5.82 Å². The molecule has 3 aromatic rings. The third-order valence-electron chi connectivity index (χ3n) is 4.79. The lowest BCUT2D eigenvalue weighted by molar-refractivity contribution is 0.373. The minimum absolute atomic E-state index is 0.686. The number of hydrogen-bond donors (Lipinski definition) is 1. The van der Waals surface area contributed by atoms with E-state index in [-0.39, 0.29) is 0 Å². The first-order valence-electron chi connectivity index (χ1n) is 8.65. The molecule has 1 aliphatic rings. The van der Waals surface area contributed by atoms with Crippen molar-refractivity contribution in [2.45, 2.75) is 32.1 Å². The fourth-order valence-electron chi connectivity index (χ4n) is 3.41. The van der Waals surface area contributed by atoms with Gasteiger partial charge in [-0.15, -0.1) is 0 Å². The van der Waals surface area contributed by atoms with Gasteiger partial charge in [-0.1, -0.05) is 19.3 Å². The van der Waals surface area contributed by atoms with Crippen LogP contribution in [0.4, 0.5) is 5.82 Å². The van der Waals surface area contributed by atoms with Gasteiger partial charge in [0.25, 0.3) is 0 Å². The van der Waals surface area contributed by atoms with Crippen molar-refractivity contribution in [2.75, 3.05) is 11.9 Å². The number of aryl methyl sites for hydroxylation is 1. The maximum Gasteiger partial charge on any atom is 0.165 e. The lowest BCUT2D eigenvalue weighted by atomic mass is 9.89. The first-order valence-corrected chi connectivity index (χ1v) is 8.65. The number of nitrogens with zero attached hydrogens (tertiary/aromatic N) is 5. The largest absolute Gasteiger partial charge is 0.369 e. The van der Waals surface area contributed by atoms with Crippen molar-refractivity contribution < 1.29 is 0 Å². The first-order chi connectivity index (χ1) is 11.8. The van der Waals surface area contributed by atoms with E-state index >= 15 is 0 Å². The van der Waals surface area contributed by atoms with Gasteiger partial charge in [-0.2, -0.15) is 5.10 Å². The Bertz CT molecular complexity index is 820. The van der Waals surface area contributed by atoms with Gasteiger partial charge in [-0.3, -0.25) is 9.67 Å². The van der Waals surface area contributed by atoms with Crippen molar-refractivity contribution in [2.24, 2.45) is 13.0 Å². The van der Waals surface area contributed by atoms with Gasteiger partial charge in [-0.05, 0) is 30.9 Å². The zero-order valence-corrected chi connectivity index (χ0v) is 13.9. The summed E-state index contributed by atoms with van der Waals surface area (Å²) >= 11 is 0. The second kappa shape index (κ2) is 6.55. The van der Waals surface area contributed by atoms with E-state index in [0.29, 0.717) is 5.82 Å². The highest BCUT2D eigenvalue weighted by Crippen LogP contribution is 2.27. The van der Waals surface area contributed by atoms with Crippen LogP contribution in [0.25, 0.3) is 22.4 Å². The van der Waals surface area contributed by atoms with Crippen LogP contribution in [0.1, 0.15) is 32.1 Å². The van der Waals surface area contributed by atoms with E-state index in [4.69, 9.17) is 4.98 Å². The smallest absolute Gasteiger partial charge is 0.165 e. The van der Waals surface area contributed by atoms with E-state index in [1.54, 1.807) is 17.1 Å². The Labute approximate surface area is 141 Å². The number of nitrogens with one attached hydrogen (secondary N) is 1. The standard InChI is InChI=1S/C18H22N6/c1-24-18-15(12-21-24)17(20-10-13-6-3-2-4-7-13)22-16(23-18)14-8-5-9-19-11-14/h5,8-9,11-13H,2-4,6-7,10H2,1H3,(H,20,22,23). The minimum atomic E-state index is 0.686. The fraction of sp³-hybridized carbons (Fsp3) is 0.444. The number of hydrogen-bond acceptors (Lipinski definition) is 5. The molecule has 3 heterocycles. The highest BCUT2D eigenvalue weighted by molar-refractivity contribution is 5.88. The number of rotatable bonds is 4. The molecule has 0 saturated heterocycles. The molecule has 1 aliphatic carbocycles. The van der Waals surface area contributed by atoms with E-state index in [0.717, 1.165) is 34.9 Å². The Morgan fingerprint density at radius 3 is 2.83 bits per heavy atom. The third kappa shape index (κ3) is 2.96. The van der Waals surface area contributed by atoms with Crippen molar-refractivity contribution in [1.29, 1.82) is 0 Å². The van der Waals surface area contributed by atoms with Crippen LogP contribution in [0.5, 0.6) is 0 Å². The Hall–Kier alpha value is -2.50. The number of aromatic nitrogens is 5. The molecular formula is C18H22N6. The van der Waals surface area contributed by atoms with E-state index in [9.17, 15) is 0 Å². The predicted octanol–water partition coefficient (Wildman–Crippen LogP) is 3.42. The van der Waals surface area contributed by atoms with E-state index in [1.807, 2.05) is 25.4 Å². The fourth-order valence-corrected chi connectivity index (χ4v) is 3.41. The van der Waals surface area contributed by atoms with Crippen LogP contribution in [0.2, 0.25) is 0 Å². The Kier molecular flexibility index (Phi) is 4.11. The molecule has 0 aliphatic heterocycles. The number of pyridine rings is 1. The summed E-state index contributed by atoms with van der Waals surface area (Å²) in [4.78, 5) is 13.6. The third-order valence-corrected chi connectivity index (χ3v) is 4.79. The van der Waals surface area contributed by atoms with Crippen LogP contribution in [0, 0.1) is 5.92 Å². The quantitative estimate of drug-likeness (QED) is 0.797. The van der Waals surface area contributed by atoms with E-state index in [2.05, 4.69) is 20.4 Å². The average Bonchev–Trinajstić information content (AvgIpc) is 3.02. The summed E-state index contributed by atoms with van der Waals surface area (Å²) in [5.74, 6) is 2.30. The topological polar surface area (TPSA) is 68.5 Å². The van der Waals surface area contributed by atoms with Crippen LogP contribution >= 0.6 is 0 Å². The van der Waals surface area contributed by atoms with Crippen molar-refractivity contribution in [1.82, 2.24) is 24.7 Å². The molecule has 124 valence electrons. The molecule has 1 N–H and O–H groups in total. The van der Waals surface area contributed by atoms with Crippen LogP contribution in [0.15, 0.2) is 30.7 Å². The molecule has 0 radical (unpaired) electrons. The molecular weight excluding hydrogens is 300 g/mol. The number of anilines is 1. The first kappa shape index (κ1) is 15.1. The molecule has 1 fully saturated rings. The van der Waals surface area contributed by atoms with Gasteiger partial charge in [0, 0.05) is 31.5 Å². The van der Waals surface area contributed by atoms with Gasteiger partial charge >= 0.3 is 0 Å². The maximum absolute atomic E-state index is 4.75. The second-order valence-electron chi connectivity index (χ2n) is 6.53. The van der Waals surface area contributed by atoms with Crippen molar-refractivity contribution in [3.8, 4) is 11.4 Å². The molecule has 3 aromatic heterocycles. The molecule has 0 spiro atoms. The highest BCUT2D eigenvalue weighted by Gasteiger charge is 2.16. The Morgan fingerprint density at radius 2 is 2.04 bits per heavy atom. The van der Waals surface area contributed by atoms with Crippen molar-refractivity contribution in [3.05, 3.63) is 30.7 Å². The highest BCUT2D eigenvalue weighted by atomic mass is 15.3. The summed E-state index contributed by atoms with van der Waals surface area (Å²) in [5, 5.41) is 8.87. The monoisotopic (exact) mass is 322 g/mol. The zero-order chi connectivity index (χ0) is 16.4. The lowest BCUT2D eigenvalue weighted by Gasteiger charge is -2.22. The number of fused-ring (bicyclic) bond motifs is 1. The summed E-state index contributed by atoms with van der Waals surface area (Å²) < 4.78 is 1.79. The van der Waals surface area contributed by atoms with Gasteiger partial charge in [0.05, 0.1) is 11.6 Å². The molecule has 24 heavy (non-hydrogen) atoms. The van der Waals surface area contributed by atoms with Gasteiger partial charge < -0.3 is 5.32 Å². The molecule has 4 rings (SSSR count).